The number of nitrogens with zero attached hydrogens (tertiary/aromatic N) is 1. The molecule has 0 aliphatic carbocycles. The van der Waals surface area contributed by atoms with Gasteiger partial charge in [0.25, 0.3) is 0 Å². The Hall–Kier alpha value is -0.388. The average Bonchev–Trinajstić information content (AvgIpc) is 2.39. The van der Waals surface area contributed by atoms with E-state index in [4.69, 9.17) is 0 Å². The van der Waals surface area contributed by atoms with Crippen LogP contribution in [0, 0.1) is 6.07 Å². The van der Waals surface area contributed by atoms with Gasteiger partial charge in [0.2, 0.25) is 0 Å². The van der Waals surface area contributed by atoms with Crippen molar-refractivity contribution in [2.24, 2.45) is 0 Å². The minimum absolute atomic E-state index is 0.399. The van der Waals surface area contributed by atoms with Gasteiger partial charge in [-0.15, -0.1) is 22.4 Å². The van der Waals surface area contributed by atoms with Crippen molar-refractivity contribution in [1.29, 1.82) is 0 Å². The molecule has 0 amide bonds. The number of benzene rings is 2. The summed E-state index contributed by atoms with van der Waals surface area (Å²) in [6, 6.07) is 16.4. The topological polar surface area (TPSA) is 3.24 Å². The van der Waals surface area contributed by atoms with Gasteiger partial charge < -0.3 is 4.90 Å². The molecule has 2 aromatic rings. The molecule has 0 aromatic heterocycles. The summed E-state index contributed by atoms with van der Waals surface area (Å²) in [4.78, 5) is 2.21. The van der Waals surface area contributed by atoms with E-state index in [1.54, 1.807) is 0 Å². The van der Waals surface area contributed by atoms with Gasteiger partial charge >= 0.3 is 27.7 Å². The van der Waals surface area contributed by atoms with E-state index in [-0.39, 0.29) is 0 Å². The second kappa shape index (κ2) is 7.14. The maximum atomic E-state index is 4.49. The second-order valence-electron chi connectivity index (χ2n) is 4.12. The normalized spacial score (nSPS) is 12.2. The first-order valence-corrected chi connectivity index (χ1v) is 7.38. The number of hydrogen-bond acceptors (Lipinski definition) is 1. The van der Waals surface area contributed by atoms with Crippen molar-refractivity contribution < 1.29 is 18.2 Å². The standard InChI is InChI=1S/C14H16N.ClH.Pd/c1-11(15(2)3)13-10-6-8-12-7-4-5-9-14(12)13;;/h4-9,11H,1-3H3;1H;/q-1;;+2/p-1/t11-;;/m1../s1. The zero-order chi connectivity index (χ0) is 12.8. The van der Waals surface area contributed by atoms with Gasteiger partial charge in [0.1, 0.15) is 0 Å². The van der Waals surface area contributed by atoms with Gasteiger partial charge in [-0.3, -0.25) is 0 Å². The van der Waals surface area contributed by atoms with Crippen LogP contribution in [0.15, 0.2) is 36.4 Å². The van der Waals surface area contributed by atoms with Crippen molar-refractivity contribution in [3.8, 4) is 0 Å². The molecular formula is C14H16ClNPd. The van der Waals surface area contributed by atoms with Crippen LogP contribution in [-0.4, -0.2) is 19.0 Å². The van der Waals surface area contributed by atoms with Crippen LogP contribution in [0.4, 0.5) is 0 Å². The molecule has 0 spiro atoms. The van der Waals surface area contributed by atoms with Crippen LogP contribution in [-0.2, 0) is 18.2 Å². The summed E-state index contributed by atoms with van der Waals surface area (Å²) in [6.45, 7) is 2.21. The van der Waals surface area contributed by atoms with Gasteiger partial charge in [-0.05, 0) is 21.0 Å². The molecule has 0 saturated carbocycles. The van der Waals surface area contributed by atoms with Crippen molar-refractivity contribution >= 4 is 20.3 Å². The first-order valence-electron chi connectivity index (χ1n) is 5.38. The predicted octanol–water partition coefficient (Wildman–Crippen LogP) is 3.95. The molecule has 0 aliphatic rings. The van der Waals surface area contributed by atoms with Crippen molar-refractivity contribution in [2.45, 2.75) is 13.0 Å². The quantitative estimate of drug-likeness (QED) is 0.591. The van der Waals surface area contributed by atoms with Gasteiger partial charge in [-0.2, -0.15) is 18.2 Å². The zero-order valence-corrected chi connectivity index (χ0v) is 12.5. The summed E-state index contributed by atoms with van der Waals surface area (Å²) in [5.74, 6) is 0. The van der Waals surface area contributed by atoms with Crippen LogP contribution in [0.1, 0.15) is 18.5 Å². The third kappa shape index (κ3) is 3.53. The van der Waals surface area contributed by atoms with Crippen LogP contribution in [0.2, 0.25) is 0 Å². The van der Waals surface area contributed by atoms with Crippen LogP contribution in [0.25, 0.3) is 10.8 Å². The van der Waals surface area contributed by atoms with Crippen LogP contribution < -0.4 is 0 Å². The first kappa shape index (κ1) is 14.7. The SMILES string of the molecule is C[C@H](c1[c-]ccc2ccccc12)N(C)C.[Cl][Pd+]. The van der Waals surface area contributed by atoms with Crippen molar-refractivity contribution in [3.05, 3.63) is 48.0 Å². The Morgan fingerprint density at radius 2 is 1.82 bits per heavy atom. The Morgan fingerprint density at radius 1 is 1.18 bits per heavy atom. The molecule has 0 N–H and O–H groups in total. The third-order valence-corrected chi connectivity index (χ3v) is 2.95. The van der Waals surface area contributed by atoms with Gasteiger partial charge in [0.05, 0.1) is 0 Å². The van der Waals surface area contributed by atoms with Crippen molar-refractivity contribution in [1.82, 2.24) is 4.90 Å². The van der Waals surface area contributed by atoms with E-state index in [1.807, 2.05) is 6.07 Å². The van der Waals surface area contributed by atoms with Crippen molar-refractivity contribution in [2.75, 3.05) is 14.1 Å². The third-order valence-electron chi connectivity index (χ3n) is 2.95. The molecule has 1 atom stereocenters. The van der Waals surface area contributed by atoms with Crippen LogP contribution >= 0.6 is 9.53 Å². The number of halogens is 1. The molecule has 0 aliphatic heterocycles. The molecule has 0 bridgehead atoms. The molecule has 2 rings (SSSR count). The fourth-order valence-corrected chi connectivity index (χ4v) is 1.79. The first-order chi connectivity index (χ1) is 8.20. The fraction of sp³-hybridized carbons (Fsp3) is 0.286. The van der Waals surface area contributed by atoms with Crippen LogP contribution in [0.5, 0.6) is 0 Å². The molecule has 0 unspecified atom stereocenters. The molecule has 1 nitrogen and oxygen atoms in total. The van der Waals surface area contributed by atoms with E-state index < -0.39 is 0 Å². The van der Waals surface area contributed by atoms with Gasteiger partial charge in [0.15, 0.2) is 0 Å². The molecule has 94 valence electrons. The molecule has 17 heavy (non-hydrogen) atoms. The Morgan fingerprint density at radius 3 is 2.47 bits per heavy atom. The molecular weight excluding hydrogens is 324 g/mol. The van der Waals surface area contributed by atoms with E-state index in [2.05, 4.69) is 90.0 Å². The van der Waals surface area contributed by atoms with E-state index >= 15 is 0 Å². The minimum atomic E-state index is 0.399. The molecule has 0 radical (unpaired) electrons. The summed E-state index contributed by atoms with van der Waals surface area (Å²) >= 11 is 2.22. The summed E-state index contributed by atoms with van der Waals surface area (Å²) in [6.07, 6.45) is 0. The van der Waals surface area contributed by atoms with E-state index in [1.165, 1.54) is 16.3 Å². The average molecular weight is 340 g/mol. The van der Waals surface area contributed by atoms with Crippen LogP contribution in [0.3, 0.4) is 0 Å². The van der Waals surface area contributed by atoms with Gasteiger partial charge in [-0.1, -0.05) is 18.2 Å². The summed E-state index contributed by atoms with van der Waals surface area (Å²) < 4.78 is 0. The summed E-state index contributed by atoms with van der Waals surface area (Å²) in [7, 11) is 8.68. The van der Waals surface area contributed by atoms with E-state index in [9.17, 15) is 0 Å². The Labute approximate surface area is 118 Å². The second-order valence-corrected chi connectivity index (χ2v) is 4.12. The van der Waals surface area contributed by atoms with E-state index in [0.717, 1.165) is 0 Å². The summed E-state index contributed by atoms with van der Waals surface area (Å²) in [5.41, 5.74) is 1.28. The number of rotatable bonds is 2. The van der Waals surface area contributed by atoms with E-state index in [0.29, 0.717) is 6.04 Å². The molecule has 0 fully saturated rings. The fourth-order valence-electron chi connectivity index (χ4n) is 1.79. The Bertz CT molecular complexity index is 465. The Balaban J connectivity index is 0.000000686. The number of fused-ring (bicyclic) bond motifs is 1. The maximum absolute atomic E-state index is 4.49. The molecule has 2 aromatic carbocycles. The zero-order valence-electron chi connectivity index (χ0n) is 10.2. The van der Waals surface area contributed by atoms with Gasteiger partial charge in [-0.25, -0.2) is 0 Å². The predicted molar refractivity (Wildman–Crippen MR) is 70.7 cm³/mol. The number of hydrogen-bond donors (Lipinski definition) is 0. The molecule has 3 heteroatoms. The molecule has 0 heterocycles. The molecule has 0 saturated heterocycles. The monoisotopic (exact) mass is 339 g/mol. The Kier molecular flexibility index (Phi) is 6.16. The van der Waals surface area contributed by atoms with Gasteiger partial charge in [0, 0.05) is 6.04 Å². The summed E-state index contributed by atoms with van der Waals surface area (Å²) in [5, 5.41) is 2.60. The van der Waals surface area contributed by atoms with Crippen molar-refractivity contribution in [3.63, 3.8) is 0 Å².